The molecule has 0 saturated heterocycles. The number of nitrogens with zero attached hydrogens (tertiary/aromatic N) is 1. The van der Waals surface area contributed by atoms with Crippen molar-refractivity contribution in [3.63, 3.8) is 0 Å². The van der Waals surface area contributed by atoms with Crippen molar-refractivity contribution in [3.8, 4) is 17.0 Å². The molecule has 1 spiro atoms. The number of amides is 1. The highest BCUT2D eigenvalue weighted by Crippen LogP contribution is 2.58. The van der Waals surface area contributed by atoms with Crippen LogP contribution in [0.3, 0.4) is 0 Å². The Kier molecular flexibility index (Phi) is 7.93. The second kappa shape index (κ2) is 10.8. The summed E-state index contributed by atoms with van der Waals surface area (Å²) in [5, 5.41) is 3.22. The lowest BCUT2D eigenvalue weighted by molar-refractivity contribution is 0.0944. The van der Waals surface area contributed by atoms with Gasteiger partial charge in [-0.2, -0.15) is 0 Å². The Morgan fingerprint density at radius 2 is 1.79 bits per heavy atom. The number of carbonyl (C=O) groups is 1. The first kappa shape index (κ1) is 28.6. The van der Waals surface area contributed by atoms with Gasteiger partial charge < -0.3 is 14.6 Å². The van der Waals surface area contributed by atoms with Gasteiger partial charge in [-0.05, 0) is 94.2 Å². The minimum absolute atomic E-state index is 0.0168. The SMILES string of the molecule is CSNC(C)(C)CNC(=O)c1cc(-c2cc(C(C)(C)C)c3c(c2)C2(CCO3)CC2)n(CC2CCCCC2)c1C. The van der Waals surface area contributed by atoms with Crippen LogP contribution in [0.15, 0.2) is 18.2 Å². The van der Waals surface area contributed by atoms with Crippen LogP contribution >= 0.6 is 11.9 Å². The molecular formula is C33H49N3O2S. The van der Waals surface area contributed by atoms with Crippen LogP contribution in [-0.4, -0.2) is 35.4 Å². The lowest BCUT2D eigenvalue weighted by Crippen LogP contribution is -2.46. The molecular weight excluding hydrogens is 502 g/mol. The van der Waals surface area contributed by atoms with E-state index in [0.717, 1.165) is 36.6 Å². The van der Waals surface area contributed by atoms with E-state index in [-0.39, 0.29) is 22.3 Å². The van der Waals surface area contributed by atoms with E-state index in [0.29, 0.717) is 12.5 Å². The third-order valence-electron chi connectivity index (χ3n) is 9.29. The van der Waals surface area contributed by atoms with Gasteiger partial charge in [0.15, 0.2) is 0 Å². The quantitative estimate of drug-likeness (QED) is 0.333. The van der Waals surface area contributed by atoms with Gasteiger partial charge in [0, 0.05) is 46.6 Å². The maximum atomic E-state index is 13.6. The Hall–Kier alpha value is -1.92. The molecule has 1 aromatic heterocycles. The van der Waals surface area contributed by atoms with Crippen LogP contribution in [-0.2, 0) is 17.4 Å². The number of hydrogen-bond donors (Lipinski definition) is 2. The van der Waals surface area contributed by atoms with E-state index in [1.54, 1.807) is 11.9 Å². The number of aromatic nitrogens is 1. The smallest absolute Gasteiger partial charge is 0.253 e. The molecule has 0 atom stereocenters. The molecule has 1 aromatic carbocycles. The van der Waals surface area contributed by atoms with Crippen LogP contribution in [0.2, 0.25) is 0 Å². The van der Waals surface area contributed by atoms with Crippen LogP contribution in [0.25, 0.3) is 11.3 Å². The van der Waals surface area contributed by atoms with Crippen molar-refractivity contribution in [2.45, 2.75) is 116 Å². The fourth-order valence-electron chi connectivity index (χ4n) is 6.72. The first-order valence-electron chi connectivity index (χ1n) is 15.0. The van der Waals surface area contributed by atoms with Crippen molar-refractivity contribution >= 4 is 17.9 Å². The highest BCUT2D eigenvalue weighted by Gasteiger charge is 2.49. The molecule has 1 amide bonds. The summed E-state index contributed by atoms with van der Waals surface area (Å²) in [7, 11) is 0. The number of ether oxygens (including phenoxy) is 1. The van der Waals surface area contributed by atoms with Crippen molar-refractivity contribution < 1.29 is 9.53 Å². The summed E-state index contributed by atoms with van der Waals surface area (Å²) in [6.45, 7) is 15.6. The fraction of sp³-hybridized carbons (Fsp3) is 0.667. The molecule has 0 unspecified atom stereocenters. The summed E-state index contributed by atoms with van der Waals surface area (Å²) < 4.78 is 12.2. The van der Waals surface area contributed by atoms with Crippen molar-refractivity contribution in [1.29, 1.82) is 0 Å². The summed E-state index contributed by atoms with van der Waals surface area (Å²) in [4.78, 5) is 13.6. The maximum absolute atomic E-state index is 13.6. The Labute approximate surface area is 240 Å². The second-order valence-corrected chi connectivity index (χ2v) is 14.7. The fourth-order valence-corrected chi connectivity index (χ4v) is 7.35. The summed E-state index contributed by atoms with van der Waals surface area (Å²) in [6, 6.07) is 6.94. The molecule has 2 aromatic rings. The molecule has 6 heteroatoms. The summed E-state index contributed by atoms with van der Waals surface area (Å²) in [5.41, 5.74) is 7.06. The molecule has 2 heterocycles. The van der Waals surface area contributed by atoms with Gasteiger partial charge in [0.25, 0.3) is 5.91 Å². The largest absolute Gasteiger partial charge is 0.493 e. The van der Waals surface area contributed by atoms with E-state index in [4.69, 9.17) is 4.74 Å². The van der Waals surface area contributed by atoms with Crippen LogP contribution in [0.4, 0.5) is 0 Å². The van der Waals surface area contributed by atoms with Gasteiger partial charge in [-0.3, -0.25) is 9.52 Å². The van der Waals surface area contributed by atoms with Crippen molar-refractivity contribution in [1.82, 2.24) is 14.6 Å². The van der Waals surface area contributed by atoms with Crippen molar-refractivity contribution in [2.24, 2.45) is 5.92 Å². The van der Waals surface area contributed by atoms with E-state index in [2.05, 4.69) is 74.3 Å². The average molecular weight is 552 g/mol. The highest BCUT2D eigenvalue weighted by atomic mass is 32.2. The second-order valence-electron chi connectivity index (χ2n) is 14.0. The topological polar surface area (TPSA) is 55.3 Å². The molecule has 3 aliphatic rings. The first-order valence-corrected chi connectivity index (χ1v) is 16.3. The molecule has 0 bridgehead atoms. The van der Waals surface area contributed by atoms with Gasteiger partial charge in [0.1, 0.15) is 5.75 Å². The minimum Gasteiger partial charge on any atom is -0.493 e. The van der Waals surface area contributed by atoms with Crippen LogP contribution < -0.4 is 14.8 Å². The predicted octanol–water partition coefficient (Wildman–Crippen LogP) is 7.53. The number of fused-ring (bicyclic) bond motifs is 2. The van der Waals surface area contributed by atoms with E-state index >= 15 is 0 Å². The van der Waals surface area contributed by atoms with Gasteiger partial charge in [-0.1, -0.05) is 52.0 Å². The minimum atomic E-state index is -0.185. The number of benzene rings is 1. The first-order chi connectivity index (χ1) is 18.4. The standard InChI is InChI=1S/C33H49N3O2S/c1-22-25(30(37)34-21-32(5,6)35-39-7)19-28(36(22)20-23-11-9-8-10-12-23)24-17-26(31(2,3)4)29-27(18-24)33(13-14-33)15-16-38-29/h17-19,23,35H,8-16,20-21H2,1-7H3,(H,34,37). The molecule has 0 radical (unpaired) electrons. The number of rotatable bonds is 8. The molecule has 2 N–H and O–H groups in total. The third kappa shape index (κ3) is 5.93. The maximum Gasteiger partial charge on any atom is 0.253 e. The van der Waals surface area contributed by atoms with Gasteiger partial charge in [-0.25, -0.2) is 0 Å². The zero-order chi connectivity index (χ0) is 28.0. The van der Waals surface area contributed by atoms with Crippen molar-refractivity contribution in [3.05, 3.63) is 40.6 Å². The Balaban J connectivity index is 1.58. The summed E-state index contributed by atoms with van der Waals surface area (Å²) in [6.07, 6.45) is 12.2. The Bertz CT molecular complexity index is 1200. The van der Waals surface area contributed by atoms with Gasteiger partial charge in [-0.15, -0.1) is 0 Å². The number of nitrogens with one attached hydrogen (secondary N) is 2. The number of hydrogen-bond acceptors (Lipinski definition) is 4. The van der Waals surface area contributed by atoms with E-state index in [1.807, 2.05) is 6.26 Å². The van der Waals surface area contributed by atoms with Crippen molar-refractivity contribution in [2.75, 3.05) is 19.4 Å². The highest BCUT2D eigenvalue weighted by molar-refractivity contribution is 7.96. The van der Waals surface area contributed by atoms with Crippen LogP contribution in [0, 0.1) is 12.8 Å². The molecule has 5 nitrogen and oxygen atoms in total. The third-order valence-corrected chi connectivity index (χ3v) is 10.0. The van der Waals surface area contributed by atoms with Gasteiger partial charge in [0.05, 0.1) is 12.2 Å². The lowest BCUT2D eigenvalue weighted by atomic mass is 9.79. The molecule has 2 saturated carbocycles. The van der Waals surface area contributed by atoms with Gasteiger partial charge >= 0.3 is 0 Å². The Morgan fingerprint density at radius 3 is 2.44 bits per heavy atom. The monoisotopic (exact) mass is 551 g/mol. The zero-order valence-electron chi connectivity index (χ0n) is 25.3. The number of carbonyl (C=O) groups excluding carboxylic acids is 1. The summed E-state index contributed by atoms with van der Waals surface area (Å²) >= 11 is 1.59. The van der Waals surface area contributed by atoms with Crippen LogP contribution in [0.5, 0.6) is 5.75 Å². The molecule has 214 valence electrons. The predicted molar refractivity (Wildman–Crippen MR) is 164 cm³/mol. The van der Waals surface area contributed by atoms with Crippen LogP contribution in [0.1, 0.15) is 113 Å². The van der Waals surface area contributed by atoms with E-state index in [1.165, 1.54) is 67.3 Å². The Morgan fingerprint density at radius 1 is 1.08 bits per heavy atom. The average Bonchev–Trinajstić information content (AvgIpc) is 3.59. The molecule has 5 rings (SSSR count). The van der Waals surface area contributed by atoms with E-state index < -0.39 is 0 Å². The van der Waals surface area contributed by atoms with E-state index in [9.17, 15) is 4.79 Å². The zero-order valence-corrected chi connectivity index (χ0v) is 26.1. The normalized spacial score (nSPS) is 19.1. The summed E-state index contributed by atoms with van der Waals surface area (Å²) in [5.74, 6) is 1.81. The van der Waals surface area contributed by atoms with Gasteiger partial charge in [0.2, 0.25) is 0 Å². The lowest BCUT2D eigenvalue weighted by Gasteiger charge is -2.33. The molecule has 2 fully saturated rings. The molecule has 1 aliphatic heterocycles. The molecule has 39 heavy (non-hydrogen) atoms. The molecule has 2 aliphatic carbocycles.